The molecule has 1 N–H and O–H groups in total. The number of rotatable bonds is 5. The standard InChI is InChI=1S/C24H28N4O2S/c1-16-13-20(9-10-21(16)14-25)23-17(2)26-28(18(23)3)15-19-7-11-22(12-8-19)31(29,30)27-24(4,5)6/h7-13,27H,15H2,1-6H3. The second-order valence-corrected chi connectivity index (χ2v) is 10.5. The molecule has 0 atom stereocenters. The zero-order valence-electron chi connectivity index (χ0n) is 18.8. The van der Waals surface area contributed by atoms with Gasteiger partial charge in [0.05, 0.1) is 28.8 Å². The van der Waals surface area contributed by atoms with Crippen LogP contribution >= 0.6 is 0 Å². The first-order valence-corrected chi connectivity index (χ1v) is 11.6. The number of aryl methyl sites for hydroxylation is 2. The van der Waals surface area contributed by atoms with E-state index >= 15 is 0 Å². The number of hydrogen-bond donors (Lipinski definition) is 1. The van der Waals surface area contributed by atoms with E-state index in [0.29, 0.717) is 12.1 Å². The summed E-state index contributed by atoms with van der Waals surface area (Å²) in [5.41, 5.74) is 6.05. The predicted octanol–water partition coefficient (Wildman–Crippen LogP) is 4.47. The van der Waals surface area contributed by atoms with Gasteiger partial charge in [0, 0.05) is 16.8 Å². The van der Waals surface area contributed by atoms with Crippen LogP contribution in [0.25, 0.3) is 11.1 Å². The van der Waals surface area contributed by atoms with Crippen LogP contribution in [0.4, 0.5) is 0 Å². The zero-order chi connectivity index (χ0) is 23.0. The summed E-state index contributed by atoms with van der Waals surface area (Å²) < 4.78 is 29.6. The molecule has 1 aromatic heterocycles. The van der Waals surface area contributed by atoms with Gasteiger partial charge in [-0.1, -0.05) is 18.2 Å². The number of nitrogens with one attached hydrogen (secondary N) is 1. The Morgan fingerprint density at radius 1 is 1.06 bits per heavy atom. The Kier molecular flexibility index (Phi) is 6.08. The minimum Gasteiger partial charge on any atom is -0.265 e. The molecular formula is C24H28N4O2S. The van der Waals surface area contributed by atoms with Gasteiger partial charge in [-0.25, -0.2) is 13.1 Å². The van der Waals surface area contributed by atoms with Gasteiger partial charge in [-0.15, -0.1) is 0 Å². The van der Waals surface area contributed by atoms with Gasteiger partial charge in [0.15, 0.2) is 0 Å². The molecule has 0 spiro atoms. The van der Waals surface area contributed by atoms with Crippen molar-refractivity contribution in [1.29, 1.82) is 5.26 Å². The smallest absolute Gasteiger partial charge is 0.241 e. The maximum atomic E-state index is 12.5. The molecule has 0 unspecified atom stereocenters. The highest BCUT2D eigenvalue weighted by molar-refractivity contribution is 7.89. The van der Waals surface area contributed by atoms with Crippen molar-refractivity contribution in [3.63, 3.8) is 0 Å². The van der Waals surface area contributed by atoms with Crippen LogP contribution in [-0.4, -0.2) is 23.7 Å². The molecule has 162 valence electrons. The lowest BCUT2D eigenvalue weighted by Crippen LogP contribution is -2.40. The SMILES string of the molecule is Cc1cc(-c2c(C)nn(Cc3ccc(S(=O)(=O)NC(C)(C)C)cc3)c2C)ccc1C#N. The third kappa shape index (κ3) is 5.04. The lowest BCUT2D eigenvalue weighted by Gasteiger charge is -2.20. The molecule has 3 rings (SSSR count). The van der Waals surface area contributed by atoms with Crippen LogP contribution in [0.15, 0.2) is 47.4 Å². The van der Waals surface area contributed by atoms with Crippen LogP contribution in [0.3, 0.4) is 0 Å². The van der Waals surface area contributed by atoms with Crippen molar-refractivity contribution in [2.75, 3.05) is 0 Å². The molecule has 7 heteroatoms. The third-order valence-corrected chi connectivity index (χ3v) is 6.80. The van der Waals surface area contributed by atoms with Crippen molar-refractivity contribution in [2.24, 2.45) is 0 Å². The molecule has 0 saturated carbocycles. The number of hydrogen-bond acceptors (Lipinski definition) is 4. The highest BCUT2D eigenvalue weighted by atomic mass is 32.2. The second kappa shape index (κ2) is 8.29. The molecule has 6 nitrogen and oxygen atoms in total. The van der Waals surface area contributed by atoms with Gasteiger partial charge in [-0.2, -0.15) is 10.4 Å². The molecule has 2 aromatic carbocycles. The fraction of sp³-hybridized carbons (Fsp3) is 0.333. The number of aromatic nitrogens is 2. The first-order valence-electron chi connectivity index (χ1n) is 10.1. The molecule has 3 aromatic rings. The number of nitriles is 1. The van der Waals surface area contributed by atoms with Crippen LogP contribution in [0, 0.1) is 32.1 Å². The van der Waals surface area contributed by atoms with Crippen LogP contribution in [0.1, 0.15) is 48.8 Å². The van der Waals surface area contributed by atoms with Crippen LogP contribution in [0.5, 0.6) is 0 Å². The number of benzene rings is 2. The minimum absolute atomic E-state index is 0.244. The Bertz CT molecular complexity index is 1260. The molecule has 0 saturated heterocycles. The average molecular weight is 437 g/mol. The maximum absolute atomic E-state index is 12.5. The van der Waals surface area contributed by atoms with E-state index in [1.807, 2.05) is 76.6 Å². The molecule has 0 bridgehead atoms. The molecule has 0 aliphatic heterocycles. The van der Waals surface area contributed by atoms with Gasteiger partial charge in [-0.3, -0.25) is 4.68 Å². The van der Waals surface area contributed by atoms with Crippen LogP contribution in [0.2, 0.25) is 0 Å². The summed E-state index contributed by atoms with van der Waals surface area (Å²) in [6.07, 6.45) is 0. The summed E-state index contributed by atoms with van der Waals surface area (Å²) in [5, 5.41) is 13.9. The number of nitrogens with zero attached hydrogens (tertiary/aromatic N) is 3. The maximum Gasteiger partial charge on any atom is 0.241 e. The lowest BCUT2D eigenvalue weighted by molar-refractivity contribution is 0.491. The van der Waals surface area contributed by atoms with Gasteiger partial charge in [0.2, 0.25) is 10.0 Å². The highest BCUT2D eigenvalue weighted by Crippen LogP contribution is 2.29. The van der Waals surface area contributed by atoms with E-state index in [1.54, 1.807) is 12.1 Å². The molecule has 0 fully saturated rings. The van der Waals surface area contributed by atoms with E-state index in [1.165, 1.54) is 0 Å². The van der Waals surface area contributed by atoms with Gasteiger partial charge in [0.1, 0.15) is 0 Å². The Balaban J connectivity index is 1.87. The Hall–Kier alpha value is -2.95. The molecular weight excluding hydrogens is 408 g/mol. The monoisotopic (exact) mass is 436 g/mol. The molecule has 31 heavy (non-hydrogen) atoms. The Morgan fingerprint density at radius 2 is 1.71 bits per heavy atom. The Morgan fingerprint density at radius 3 is 2.26 bits per heavy atom. The van der Waals surface area contributed by atoms with Crippen molar-refractivity contribution in [3.8, 4) is 17.2 Å². The van der Waals surface area contributed by atoms with Gasteiger partial charge < -0.3 is 0 Å². The summed E-state index contributed by atoms with van der Waals surface area (Å²) in [4.78, 5) is 0.244. The normalized spacial score (nSPS) is 12.0. The molecule has 0 aliphatic rings. The zero-order valence-corrected chi connectivity index (χ0v) is 19.6. The third-order valence-electron chi connectivity index (χ3n) is 5.02. The minimum atomic E-state index is -3.56. The van der Waals surface area contributed by atoms with E-state index in [0.717, 1.165) is 33.6 Å². The summed E-state index contributed by atoms with van der Waals surface area (Å²) in [5.74, 6) is 0. The first kappa shape index (κ1) is 22.7. The van der Waals surface area contributed by atoms with E-state index in [9.17, 15) is 13.7 Å². The summed E-state index contributed by atoms with van der Waals surface area (Å²) in [6.45, 7) is 11.9. The van der Waals surface area contributed by atoms with E-state index in [4.69, 9.17) is 5.10 Å². The van der Waals surface area contributed by atoms with Crippen molar-refractivity contribution in [2.45, 2.75) is 58.5 Å². The van der Waals surface area contributed by atoms with E-state index in [2.05, 4.69) is 10.8 Å². The topological polar surface area (TPSA) is 87.8 Å². The van der Waals surface area contributed by atoms with Crippen LogP contribution < -0.4 is 4.72 Å². The quantitative estimate of drug-likeness (QED) is 0.639. The van der Waals surface area contributed by atoms with Crippen molar-refractivity contribution < 1.29 is 8.42 Å². The number of sulfonamides is 1. The van der Waals surface area contributed by atoms with Crippen molar-refractivity contribution >= 4 is 10.0 Å². The van der Waals surface area contributed by atoms with Crippen LogP contribution in [-0.2, 0) is 16.6 Å². The summed E-state index contributed by atoms with van der Waals surface area (Å²) in [7, 11) is -3.56. The molecule has 1 heterocycles. The molecule has 0 aliphatic carbocycles. The summed E-state index contributed by atoms with van der Waals surface area (Å²) >= 11 is 0. The van der Waals surface area contributed by atoms with Gasteiger partial charge in [-0.05, 0) is 82.5 Å². The highest BCUT2D eigenvalue weighted by Gasteiger charge is 2.22. The average Bonchev–Trinajstić information content (AvgIpc) is 2.93. The van der Waals surface area contributed by atoms with E-state index in [-0.39, 0.29) is 4.90 Å². The second-order valence-electron chi connectivity index (χ2n) is 8.84. The Labute approximate surface area is 184 Å². The van der Waals surface area contributed by atoms with Crippen molar-refractivity contribution in [1.82, 2.24) is 14.5 Å². The predicted molar refractivity (Wildman–Crippen MR) is 122 cm³/mol. The molecule has 0 amide bonds. The first-order chi connectivity index (χ1) is 14.4. The van der Waals surface area contributed by atoms with Crippen molar-refractivity contribution in [3.05, 3.63) is 70.5 Å². The van der Waals surface area contributed by atoms with E-state index < -0.39 is 15.6 Å². The fourth-order valence-electron chi connectivity index (χ4n) is 3.62. The fourth-order valence-corrected chi connectivity index (χ4v) is 5.04. The van der Waals surface area contributed by atoms with Gasteiger partial charge in [0.25, 0.3) is 0 Å². The largest absolute Gasteiger partial charge is 0.265 e. The molecule has 0 radical (unpaired) electrons. The lowest BCUT2D eigenvalue weighted by atomic mass is 9.99. The van der Waals surface area contributed by atoms with Gasteiger partial charge >= 0.3 is 0 Å². The summed E-state index contributed by atoms with van der Waals surface area (Å²) in [6, 6.07) is 14.9.